The van der Waals surface area contributed by atoms with Crippen molar-refractivity contribution in [2.45, 2.75) is 13.8 Å². The molecule has 0 N–H and O–H groups in total. The first-order valence-electron chi connectivity index (χ1n) is 8.51. The Kier molecular flexibility index (Phi) is 4.20. The summed E-state index contributed by atoms with van der Waals surface area (Å²) in [7, 11) is 0. The molecule has 0 aliphatic rings. The number of hydrogen-bond acceptors (Lipinski definition) is 4. The summed E-state index contributed by atoms with van der Waals surface area (Å²) in [5, 5.41) is 0. The van der Waals surface area contributed by atoms with Gasteiger partial charge in [-0.25, -0.2) is 4.39 Å². The topological polar surface area (TPSA) is 55.7 Å². The highest BCUT2D eigenvalue weighted by Gasteiger charge is 2.14. The Morgan fingerprint density at radius 3 is 2.37 bits per heavy atom. The van der Waals surface area contributed by atoms with E-state index in [1.165, 1.54) is 13.0 Å². The van der Waals surface area contributed by atoms with Crippen molar-refractivity contribution in [3.63, 3.8) is 0 Å². The number of carbonyl (C=O) groups is 1. The highest BCUT2D eigenvalue weighted by Crippen LogP contribution is 2.33. The average molecular weight is 357 g/mol. The van der Waals surface area contributed by atoms with Gasteiger partial charge in [0.15, 0.2) is 5.78 Å². The lowest BCUT2D eigenvalue weighted by molar-refractivity contribution is 0.101. The van der Waals surface area contributed by atoms with Crippen molar-refractivity contribution in [2.24, 2.45) is 0 Å². The van der Waals surface area contributed by atoms with Crippen molar-refractivity contribution < 1.29 is 9.18 Å². The van der Waals surface area contributed by atoms with Gasteiger partial charge in [0.1, 0.15) is 5.82 Å². The first kappa shape index (κ1) is 17.0. The van der Waals surface area contributed by atoms with Crippen LogP contribution in [0.15, 0.2) is 61.1 Å². The summed E-state index contributed by atoms with van der Waals surface area (Å²) >= 11 is 0. The molecule has 0 aliphatic carbocycles. The largest absolute Gasteiger partial charge is 0.294 e. The molecule has 0 bridgehead atoms. The van der Waals surface area contributed by atoms with E-state index in [1.54, 1.807) is 37.6 Å². The molecule has 132 valence electrons. The van der Waals surface area contributed by atoms with Gasteiger partial charge < -0.3 is 0 Å². The van der Waals surface area contributed by atoms with Crippen LogP contribution in [0.2, 0.25) is 0 Å². The van der Waals surface area contributed by atoms with Crippen LogP contribution in [-0.2, 0) is 0 Å². The van der Waals surface area contributed by atoms with Gasteiger partial charge in [-0.3, -0.25) is 19.7 Å². The van der Waals surface area contributed by atoms with Crippen LogP contribution in [0.4, 0.5) is 4.39 Å². The number of fused-ring (bicyclic) bond motifs is 1. The van der Waals surface area contributed by atoms with Crippen LogP contribution in [0, 0.1) is 12.7 Å². The van der Waals surface area contributed by atoms with Gasteiger partial charge in [-0.1, -0.05) is 6.07 Å². The Morgan fingerprint density at radius 2 is 1.63 bits per heavy atom. The van der Waals surface area contributed by atoms with E-state index >= 15 is 0 Å². The van der Waals surface area contributed by atoms with Crippen molar-refractivity contribution >= 4 is 16.8 Å². The Bertz CT molecular complexity index is 1190. The summed E-state index contributed by atoms with van der Waals surface area (Å²) < 4.78 is 13.7. The molecule has 0 unspecified atom stereocenters. The van der Waals surface area contributed by atoms with Crippen molar-refractivity contribution in [1.29, 1.82) is 0 Å². The Morgan fingerprint density at radius 1 is 0.889 bits per heavy atom. The normalized spacial score (nSPS) is 10.9. The van der Waals surface area contributed by atoms with E-state index < -0.39 is 0 Å². The van der Waals surface area contributed by atoms with Gasteiger partial charge in [-0.05, 0) is 61.4 Å². The molecule has 4 rings (SSSR count). The lowest BCUT2D eigenvalue weighted by Crippen LogP contribution is -1.98. The second-order valence-corrected chi connectivity index (χ2v) is 6.40. The van der Waals surface area contributed by atoms with Crippen molar-refractivity contribution in [3.8, 4) is 22.4 Å². The van der Waals surface area contributed by atoms with Gasteiger partial charge >= 0.3 is 0 Å². The van der Waals surface area contributed by atoms with E-state index in [0.29, 0.717) is 16.8 Å². The van der Waals surface area contributed by atoms with Crippen molar-refractivity contribution in [2.75, 3.05) is 0 Å². The van der Waals surface area contributed by atoms with Gasteiger partial charge in [0.25, 0.3) is 0 Å². The third kappa shape index (κ3) is 3.19. The average Bonchev–Trinajstić information content (AvgIpc) is 2.69. The summed E-state index contributed by atoms with van der Waals surface area (Å²) in [4.78, 5) is 25.0. The first-order chi connectivity index (χ1) is 13.0. The summed E-state index contributed by atoms with van der Waals surface area (Å²) in [6.45, 7) is 3.22. The molecule has 27 heavy (non-hydrogen) atoms. The number of rotatable bonds is 3. The van der Waals surface area contributed by atoms with Crippen LogP contribution in [0.25, 0.3) is 33.4 Å². The number of Topliss-reactive ketones (excluding diaryl/α,β-unsaturated/α-hetero) is 1. The molecule has 4 nitrogen and oxygen atoms in total. The molecule has 0 fully saturated rings. The molecule has 2 aromatic carbocycles. The maximum Gasteiger partial charge on any atom is 0.161 e. The summed E-state index contributed by atoms with van der Waals surface area (Å²) in [6, 6.07) is 12.4. The second kappa shape index (κ2) is 6.68. The van der Waals surface area contributed by atoms with Crippen LogP contribution in [0.1, 0.15) is 22.8 Å². The minimum absolute atomic E-state index is 0.0637. The number of benzene rings is 2. The fourth-order valence-corrected chi connectivity index (χ4v) is 3.03. The minimum atomic E-state index is -0.262. The van der Waals surface area contributed by atoms with Crippen LogP contribution >= 0.6 is 0 Å². The second-order valence-electron chi connectivity index (χ2n) is 6.40. The zero-order valence-corrected chi connectivity index (χ0v) is 14.9. The van der Waals surface area contributed by atoms with Crippen molar-refractivity contribution in [3.05, 3.63) is 78.0 Å². The third-order valence-corrected chi connectivity index (χ3v) is 4.51. The molecule has 2 heterocycles. The van der Waals surface area contributed by atoms with E-state index in [2.05, 4.69) is 15.0 Å². The third-order valence-electron chi connectivity index (χ3n) is 4.51. The number of aromatic nitrogens is 3. The molecule has 0 amide bonds. The Hall–Kier alpha value is -3.47. The monoisotopic (exact) mass is 357 g/mol. The minimum Gasteiger partial charge on any atom is -0.294 e. The van der Waals surface area contributed by atoms with Gasteiger partial charge in [-0.2, -0.15) is 0 Å². The van der Waals surface area contributed by atoms with Gasteiger partial charge in [0.2, 0.25) is 0 Å². The molecular weight excluding hydrogens is 341 g/mol. The lowest BCUT2D eigenvalue weighted by atomic mass is 9.96. The Labute approximate surface area is 155 Å². The molecule has 0 saturated carbocycles. The van der Waals surface area contributed by atoms with E-state index in [4.69, 9.17) is 0 Å². The standard InChI is InChI=1S/C22H16FN3O/c1-13-9-16(3-5-19(13)23)22-18(10-17(12-26-22)14(2)27)15-4-6-20-21(11-15)25-8-7-24-20/h3-12H,1-2H3. The highest BCUT2D eigenvalue weighted by molar-refractivity contribution is 5.97. The van der Waals surface area contributed by atoms with Crippen molar-refractivity contribution in [1.82, 2.24) is 15.0 Å². The van der Waals surface area contributed by atoms with Gasteiger partial charge in [-0.15, -0.1) is 0 Å². The molecule has 5 heteroatoms. The SMILES string of the molecule is CC(=O)c1cnc(-c2ccc(F)c(C)c2)c(-c2ccc3nccnc3c2)c1. The first-order valence-corrected chi connectivity index (χ1v) is 8.51. The number of aryl methyl sites for hydroxylation is 1. The highest BCUT2D eigenvalue weighted by atomic mass is 19.1. The number of hydrogen-bond donors (Lipinski definition) is 0. The number of halogens is 1. The maximum absolute atomic E-state index is 13.7. The smallest absolute Gasteiger partial charge is 0.161 e. The molecule has 4 aromatic rings. The zero-order chi connectivity index (χ0) is 19.0. The molecule has 0 radical (unpaired) electrons. The number of ketones is 1. The van der Waals surface area contributed by atoms with Crippen LogP contribution in [-0.4, -0.2) is 20.7 Å². The summed E-state index contributed by atoms with van der Waals surface area (Å²) in [5.74, 6) is -0.326. The number of carbonyl (C=O) groups excluding carboxylic acids is 1. The predicted molar refractivity (Wildman–Crippen MR) is 103 cm³/mol. The van der Waals surface area contributed by atoms with Crippen LogP contribution < -0.4 is 0 Å². The predicted octanol–water partition coefficient (Wildman–Crippen LogP) is 5.01. The van der Waals surface area contributed by atoms with Crippen LogP contribution in [0.3, 0.4) is 0 Å². The zero-order valence-electron chi connectivity index (χ0n) is 14.9. The lowest BCUT2D eigenvalue weighted by Gasteiger charge is -2.12. The summed E-state index contributed by atoms with van der Waals surface area (Å²) in [5.41, 5.74) is 5.74. The van der Waals surface area contributed by atoms with Crippen LogP contribution in [0.5, 0.6) is 0 Å². The van der Waals surface area contributed by atoms with E-state index in [-0.39, 0.29) is 11.6 Å². The molecule has 2 aromatic heterocycles. The number of nitrogens with zero attached hydrogens (tertiary/aromatic N) is 3. The van der Waals surface area contributed by atoms with E-state index in [0.717, 1.165) is 27.7 Å². The van der Waals surface area contributed by atoms with E-state index in [9.17, 15) is 9.18 Å². The molecule has 0 spiro atoms. The fourth-order valence-electron chi connectivity index (χ4n) is 3.03. The van der Waals surface area contributed by atoms with E-state index in [1.807, 2.05) is 24.3 Å². The van der Waals surface area contributed by atoms with Gasteiger partial charge in [0, 0.05) is 35.3 Å². The number of pyridine rings is 1. The fraction of sp³-hybridized carbons (Fsp3) is 0.0909. The molecular formula is C22H16FN3O. The molecule has 0 atom stereocenters. The Balaban J connectivity index is 1.96. The maximum atomic E-state index is 13.7. The molecule has 0 saturated heterocycles. The van der Waals surface area contributed by atoms with Gasteiger partial charge in [0.05, 0.1) is 16.7 Å². The molecule has 0 aliphatic heterocycles. The summed E-state index contributed by atoms with van der Waals surface area (Å²) in [6.07, 6.45) is 4.84. The quantitative estimate of drug-likeness (QED) is 0.484.